The fourth-order valence-corrected chi connectivity index (χ4v) is 3.27. The zero-order valence-corrected chi connectivity index (χ0v) is 16.4. The van der Waals surface area contributed by atoms with Gasteiger partial charge in [-0.05, 0) is 43.9 Å². The Morgan fingerprint density at radius 2 is 0.958 bits per heavy atom. The Labute approximate surface area is 151 Å². The summed E-state index contributed by atoms with van der Waals surface area (Å²) in [6.45, 7) is 4.56. The summed E-state index contributed by atoms with van der Waals surface area (Å²) in [6.07, 6.45) is 21.4. The van der Waals surface area contributed by atoms with Crippen LogP contribution in [0.25, 0.3) is 0 Å². The van der Waals surface area contributed by atoms with Crippen LogP contribution in [-0.4, -0.2) is 4.98 Å². The standard InChI is InChI=1S/C23H40N/c1-3-5-7-9-11-13-15-18-22-20-17-21-23(24-22)19-16-14-12-10-8-6-4-2/h20-21H,3-16,18-19H2,1-2H3. The van der Waals surface area contributed by atoms with E-state index >= 15 is 0 Å². The topological polar surface area (TPSA) is 12.9 Å². The Morgan fingerprint density at radius 1 is 0.583 bits per heavy atom. The molecule has 0 aliphatic heterocycles. The lowest BCUT2D eigenvalue weighted by atomic mass is 10.1. The van der Waals surface area contributed by atoms with E-state index in [1.807, 2.05) is 0 Å². The zero-order chi connectivity index (χ0) is 17.3. The van der Waals surface area contributed by atoms with Crippen LogP contribution in [-0.2, 0) is 12.8 Å². The molecular formula is C23H40N. The highest BCUT2D eigenvalue weighted by atomic mass is 14.7. The van der Waals surface area contributed by atoms with Crippen molar-refractivity contribution in [1.29, 1.82) is 0 Å². The third-order valence-electron chi connectivity index (χ3n) is 4.86. The lowest BCUT2D eigenvalue weighted by Gasteiger charge is -2.05. The van der Waals surface area contributed by atoms with E-state index in [2.05, 4.69) is 32.0 Å². The van der Waals surface area contributed by atoms with Crippen LogP contribution in [0.15, 0.2) is 12.1 Å². The molecule has 0 saturated heterocycles. The van der Waals surface area contributed by atoms with Crippen LogP contribution in [0, 0.1) is 6.07 Å². The number of unbranched alkanes of at least 4 members (excludes halogenated alkanes) is 12. The minimum Gasteiger partial charge on any atom is -0.258 e. The van der Waals surface area contributed by atoms with Crippen LogP contribution in [0.5, 0.6) is 0 Å². The Morgan fingerprint density at radius 3 is 1.38 bits per heavy atom. The number of hydrogen-bond donors (Lipinski definition) is 0. The second kappa shape index (κ2) is 15.7. The van der Waals surface area contributed by atoms with Crippen LogP contribution < -0.4 is 0 Å². The van der Waals surface area contributed by atoms with Gasteiger partial charge in [0, 0.05) is 11.4 Å². The molecule has 0 atom stereocenters. The number of nitrogens with zero attached hydrogens (tertiary/aromatic N) is 1. The summed E-state index contributed by atoms with van der Waals surface area (Å²) in [4.78, 5) is 4.84. The van der Waals surface area contributed by atoms with Crippen molar-refractivity contribution in [2.45, 2.75) is 117 Å². The predicted molar refractivity (Wildman–Crippen MR) is 106 cm³/mol. The number of aromatic nitrogens is 1. The summed E-state index contributed by atoms with van der Waals surface area (Å²) < 4.78 is 0. The van der Waals surface area contributed by atoms with Crippen molar-refractivity contribution >= 4 is 0 Å². The van der Waals surface area contributed by atoms with E-state index in [1.165, 1.54) is 101 Å². The highest BCUT2D eigenvalue weighted by Gasteiger charge is 2.00. The van der Waals surface area contributed by atoms with Gasteiger partial charge in [0.25, 0.3) is 0 Å². The summed E-state index contributed by atoms with van der Waals surface area (Å²) in [7, 11) is 0. The Kier molecular flexibility index (Phi) is 13.8. The monoisotopic (exact) mass is 330 g/mol. The van der Waals surface area contributed by atoms with Crippen molar-refractivity contribution in [2.24, 2.45) is 0 Å². The molecule has 1 nitrogen and oxygen atoms in total. The van der Waals surface area contributed by atoms with Crippen molar-refractivity contribution < 1.29 is 0 Å². The number of aryl methyl sites for hydroxylation is 2. The first-order chi connectivity index (χ1) is 11.9. The predicted octanol–water partition coefficient (Wildman–Crippen LogP) is 7.47. The largest absolute Gasteiger partial charge is 0.258 e. The van der Waals surface area contributed by atoms with E-state index in [9.17, 15) is 0 Å². The summed E-state index contributed by atoms with van der Waals surface area (Å²) >= 11 is 0. The summed E-state index contributed by atoms with van der Waals surface area (Å²) in [5.74, 6) is 0. The van der Waals surface area contributed by atoms with E-state index in [0.717, 1.165) is 12.8 Å². The minimum atomic E-state index is 1.13. The van der Waals surface area contributed by atoms with Gasteiger partial charge in [-0.25, -0.2) is 0 Å². The molecule has 0 amide bonds. The van der Waals surface area contributed by atoms with Crippen LogP contribution in [0.3, 0.4) is 0 Å². The molecule has 1 radical (unpaired) electrons. The lowest BCUT2D eigenvalue weighted by molar-refractivity contribution is 0.582. The molecule has 0 fully saturated rings. The fraction of sp³-hybridized carbons (Fsp3) is 0.783. The lowest BCUT2D eigenvalue weighted by Crippen LogP contribution is -1.96. The first-order valence-corrected chi connectivity index (χ1v) is 10.7. The molecule has 1 heterocycles. The van der Waals surface area contributed by atoms with E-state index in [4.69, 9.17) is 4.98 Å². The van der Waals surface area contributed by atoms with Gasteiger partial charge in [0.2, 0.25) is 0 Å². The molecule has 1 heteroatoms. The van der Waals surface area contributed by atoms with Gasteiger partial charge >= 0.3 is 0 Å². The van der Waals surface area contributed by atoms with Crippen molar-refractivity contribution in [3.05, 3.63) is 29.6 Å². The summed E-state index contributed by atoms with van der Waals surface area (Å²) in [5, 5.41) is 0. The van der Waals surface area contributed by atoms with E-state index < -0.39 is 0 Å². The zero-order valence-electron chi connectivity index (χ0n) is 16.4. The molecule has 1 aromatic heterocycles. The van der Waals surface area contributed by atoms with Crippen LogP contribution in [0.4, 0.5) is 0 Å². The Hall–Kier alpha value is -0.850. The van der Waals surface area contributed by atoms with Crippen LogP contribution >= 0.6 is 0 Å². The number of hydrogen-bond acceptors (Lipinski definition) is 1. The molecule has 1 aromatic rings. The van der Waals surface area contributed by atoms with Gasteiger partial charge in [0.05, 0.1) is 0 Å². The van der Waals surface area contributed by atoms with Crippen LogP contribution in [0.1, 0.15) is 115 Å². The minimum absolute atomic E-state index is 1.13. The van der Waals surface area contributed by atoms with Gasteiger partial charge in [-0.3, -0.25) is 4.98 Å². The van der Waals surface area contributed by atoms with Gasteiger partial charge in [0.15, 0.2) is 0 Å². The number of pyridine rings is 1. The summed E-state index contributed by atoms with van der Waals surface area (Å²) in [5.41, 5.74) is 2.51. The molecule has 1 rings (SSSR count). The Bertz CT molecular complexity index is 352. The molecule has 0 aromatic carbocycles. The average molecular weight is 331 g/mol. The molecule has 137 valence electrons. The molecule has 0 aliphatic rings. The fourth-order valence-electron chi connectivity index (χ4n) is 3.27. The molecular weight excluding hydrogens is 290 g/mol. The SMILES string of the molecule is CCCCCCCCCc1c[c]cc(CCCCCCCCC)n1. The van der Waals surface area contributed by atoms with Gasteiger partial charge in [-0.2, -0.15) is 0 Å². The summed E-state index contributed by atoms with van der Waals surface area (Å²) in [6, 6.07) is 7.48. The van der Waals surface area contributed by atoms with Crippen molar-refractivity contribution in [3.63, 3.8) is 0 Å². The molecule has 0 saturated carbocycles. The van der Waals surface area contributed by atoms with E-state index in [1.54, 1.807) is 0 Å². The maximum atomic E-state index is 4.84. The molecule has 0 aliphatic carbocycles. The third-order valence-corrected chi connectivity index (χ3v) is 4.86. The molecule has 0 bridgehead atoms. The van der Waals surface area contributed by atoms with Gasteiger partial charge in [-0.15, -0.1) is 0 Å². The van der Waals surface area contributed by atoms with Gasteiger partial charge < -0.3 is 0 Å². The van der Waals surface area contributed by atoms with Gasteiger partial charge in [0.1, 0.15) is 0 Å². The second-order valence-corrected chi connectivity index (χ2v) is 7.29. The first-order valence-electron chi connectivity index (χ1n) is 10.7. The van der Waals surface area contributed by atoms with E-state index in [0.29, 0.717) is 0 Å². The Balaban J connectivity index is 2.08. The highest BCUT2D eigenvalue weighted by Crippen LogP contribution is 2.12. The van der Waals surface area contributed by atoms with Crippen molar-refractivity contribution in [3.8, 4) is 0 Å². The maximum Gasteiger partial charge on any atom is 0.0413 e. The van der Waals surface area contributed by atoms with Crippen LogP contribution in [0.2, 0.25) is 0 Å². The van der Waals surface area contributed by atoms with Crippen molar-refractivity contribution in [1.82, 2.24) is 4.98 Å². The molecule has 24 heavy (non-hydrogen) atoms. The third kappa shape index (κ3) is 11.6. The second-order valence-electron chi connectivity index (χ2n) is 7.29. The normalized spacial score (nSPS) is 11.1. The van der Waals surface area contributed by atoms with Gasteiger partial charge in [-0.1, -0.05) is 90.9 Å². The van der Waals surface area contributed by atoms with E-state index in [-0.39, 0.29) is 0 Å². The maximum absolute atomic E-state index is 4.84. The highest BCUT2D eigenvalue weighted by molar-refractivity contribution is 5.10. The van der Waals surface area contributed by atoms with Crippen molar-refractivity contribution in [2.75, 3.05) is 0 Å². The quantitative estimate of drug-likeness (QED) is 0.286. The first kappa shape index (κ1) is 21.2. The smallest absolute Gasteiger partial charge is 0.0413 e. The molecule has 0 spiro atoms. The number of rotatable bonds is 16. The molecule has 0 N–H and O–H groups in total. The molecule has 0 unspecified atom stereocenters. The average Bonchev–Trinajstić information content (AvgIpc) is 2.60.